The lowest BCUT2D eigenvalue weighted by molar-refractivity contribution is -0.137. The van der Waals surface area contributed by atoms with E-state index in [0.29, 0.717) is 17.9 Å². The smallest absolute Gasteiger partial charge is 0.354 e. The van der Waals surface area contributed by atoms with Crippen LogP contribution in [0.15, 0.2) is 72.9 Å². The highest BCUT2D eigenvalue weighted by Crippen LogP contribution is 2.30. The van der Waals surface area contributed by atoms with Gasteiger partial charge in [0.15, 0.2) is 0 Å². The van der Waals surface area contributed by atoms with Crippen molar-refractivity contribution in [2.75, 3.05) is 12.4 Å². The molecule has 0 spiro atoms. The van der Waals surface area contributed by atoms with Gasteiger partial charge in [-0.3, -0.25) is 4.79 Å². The highest BCUT2D eigenvalue weighted by atomic mass is 19.4. The molecule has 1 N–H and O–H groups in total. The number of alkyl halides is 3. The Morgan fingerprint density at radius 1 is 0.964 bits per heavy atom. The van der Waals surface area contributed by atoms with Crippen LogP contribution in [-0.4, -0.2) is 22.8 Å². The molecule has 0 saturated heterocycles. The Morgan fingerprint density at radius 2 is 1.61 bits per heavy atom. The number of halogens is 3. The van der Waals surface area contributed by atoms with Crippen LogP contribution in [0, 0.1) is 0 Å². The summed E-state index contributed by atoms with van der Waals surface area (Å²) in [6.45, 7) is 0.465. The number of carbonyl (C=O) groups is 1. The van der Waals surface area contributed by atoms with E-state index in [-0.39, 0.29) is 11.6 Å². The van der Waals surface area contributed by atoms with E-state index in [0.717, 1.165) is 17.7 Å². The maximum absolute atomic E-state index is 12.6. The second-order valence-electron chi connectivity index (χ2n) is 6.28. The van der Waals surface area contributed by atoms with Crippen molar-refractivity contribution in [3.8, 4) is 0 Å². The summed E-state index contributed by atoms with van der Waals surface area (Å²) in [4.78, 5) is 18.2. The number of nitrogens with one attached hydrogen (secondary N) is 1. The first kappa shape index (κ1) is 19.4. The minimum absolute atomic E-state index is 0.218. The zero-order valence-electron chi connectivity index (χ0n) is 15.1. The van der Waals surface area contributed by atoms with E-state index in [1.54, 1.807) is 24.1 Å². The Balaban J connectivity index is 1.63. The highest BCUT2D eigenvalue weighted by molar-refractivity contribution is 5.92. The first-order valence-electron chi connectivity index (χ1n) is 8.52. The van der Waals surface area contributed by atoms with Gasteiger partial charge in [-0.25, -0.2) is 4.98 Å². The third kappa shape index (κ3) is 4.88. The molecule has 144 valence electrons. The van der Waals surface area contributed by atoms with Gasteiger partial charge in [-0.2, -0.15) is 13.2 Å². The van der Waals surface area contributed by atoms with E-state index < -0.39 is 11.7 Å². The molecule has 0 bridgehead atoms. The summed E-state index contributed by atoms with van der Waals surface area (Å²) < 4.78 is 37.8. The van der Waals surface area contributed by atoms with Crippen molar-refractivity contribution in [3.05, 3.63) is 89.7 Å². The molecular weight excluding hydrogens is 367 g/mol. The van der Waals surface area contributed by atoms with E-state index in [1.807, 2.05) is 30.3 Å². The fourth-order valence-electron chi connectivity index (χ4n) is 2.63. The van der Waals surface area contributed by atoms with E-state index >= 15 is 0 Å². The van der Waals surface area contributed by atoms with Crippen LogP contribution in [0.3, 0.4) is 0 Å². The van der Waals surface area contributed by atoms with Crippen LogP contribution in [-0.2, 0) is 12.7 Å². The highest BCUT2D eigenvalue weighted by Gasteiger charge is 2.29. The zero-order valence-corrected chi connectivity index (χ0v) is 15.1. The molecule has 0 radical (unpaired) electrons. The fraction of sp³-hybridized carbons (Fsp3) is 0.143. The fourth-order valence-corrected chi connectivity index (χ4v) is 2.63. The van der Waals surface area contributed by atoms with Gasteiger partial charge in [0, 0.05) is 19.3 Å². The number of carbonyl (C=O) groups excluding carboxylic acids is 1. The van der Waals surface area contributed by atoms with Crippen LogP contribution >= 0.6 is 0 Å². The average Bonchev–Trinajstić information content (AvgIpc) is 2.68. The number of pyridine rings is 1. The third-order valence-corrected chi connectivity index (χ3v) is 4.09. The molecule has 0 unspecified atom stereocenters. The van der Waals surface area contributed by atoms with Crippen molar-refractivity contribution >= 4 is 17.3 Å². The number of rotatable bonds is 5. The van der Waals surface area contributed by atoms with Crippen molar-refractivity contribution in [1.82, 2.24) is 9.88 Å². The number of hydrogen-bond acceptors (Lipinski definition) is 3. The standard InChI is InChI=1S/C21H18F3N3O/c1-27(14-15-5-3-2-4-6-15)20(28)19-12-11-18(13-25-19)26-17-9-7-16(8-10-17)21(22,23)24/h2-13,26H,14H2,1H3. The lowest BCUT2D eigenvalue weighted by Gasteiger charge is -2.17. The Hall–Kier alpha value is -3.35. The SMILES string of the molecule is CN(Cc1ccccc1)C(=O)c1ccc(Nc2ccc(C(F)(F)F)cc2)cn1. The molecule has 1 heterocycles. The summed E-state index contributed by atoms with van der Waals surface area (Å²) in [5, 5.41) is 2.96. The minimum atomic E-state index is -4.37. The van der Waals surface area contributed by atoms with Gasteiger partial charge < -0.3 is 10.2 Å². The van der Waals surface area contributed by atoms with Crippen molar-refractivity contribution in [1.29, 1.82) is 0 Å². The average molecular weight is 385 g/mol. The van der Waals surface area contributed by atoms with Gasteiger partial charge in [0.25, 0.3) is 5.91 Å². The molecular formula is C21H18F3N3O. The molecule has 0 aliphatic heterocycles. The van der Waals surface area contributed by atoms with Crippen LogP contribution in [0.4, 0.5) is 24.5 Å². The van der Waals surface area contributed by atoms with Crippen LogP contribution in [0.1, 0.15) is 21.6 Å². The molecule has 0 aliphatic rings. The van der Waals surface area contributed by atoms with E-state index in [9.17, 15) is 18.0 Å². The zero-order chi connectivity index (χ0) is 20.1. The monoisotopic (exact) mass is 385 g/mol. The Kier molecular flexibility index (Phi) is 5.63. The number of aromatic nitrogens is 1. The normalized spacial score (nSPS) is 11.1. The van der Waals surface area contributed by atoms with Gasteiger partial charge in [0.1, 0.15) is 5.69 Å². The van der Waals surface area contributed by atoms with Crippen LogP contribution in [0.5, 0.6) is 0 Å². The molecule has 0 aliphatic carbocycles. The number of anilines is 2. The van der Waals surface area contributed by atoms with Crippen LogP contribution in [0.2, 0.25) is 0 Å². The summed E-state index contributed by atoms with van der Waals surface area (Å²) in [5.74, 6) is -0.218. The predicted molar refractivity (Wildman–Crippen MR) is 101 cm³/mol. The summed E-state index contributed by atoms with van der Waals surface area (Å²) >= 11 is 0. The van der Waals surface area contributed by atoms with Crippen molar-refractivity contribution < 1.29 is 18.0 Å². The van der Waals surface area contributed by atoms with Gasteiger partial charge in [-0.1, -0.05) is 30.3 Å². The number of hydrogen-bond donors (Lipinski definition) is 1. The first-order valence-corrected chi connectivity index (χ1v) is 8.52. The third-order valence-electron chi connectivity index (χ3n) is 4.09. The molecule has 3 aromatic rings. The minimum Gasteiger partial charge on any atom is -0.354 e. The van der Waals surface area contributed by atoms with Gasteiger partial charge >= 0.3 is 6.18 Å². The Labute approximate surface area is 160 Å². The summed E-state index contributed by atoms with van der Waals surface area (Å²) in [5.41, 5.74) is 1.66. The van der Waals surface area contributed by atoms with Crippen LogP contribution in [0.25, 0.3) is 0 Å². The molecule has 4 nitrogen and oxygen atoms in total. The van der Waals surface area contributed by atoms with Crippen molar-refractivity contribution in [2.24, 2.45) is 0 Å². The van der Waals surface area contributed by atoms with Crippen molar-refractivity contribution in [2.45, 2.75) is 12.7 Å². The van der Waals surface area contributed by atoms with E-state index in [1.165, 1.54) is 18.3 Å². The second-order valence-corrected chi connectivity index (χ2v) is 6.28. The summed E-state index contributed by atoms with van der Waals surface area (Å²) in [6.07, 6.45) is -2.89. The molecule has 3 rings (SSSR count). The molecule has 0 saturated carbocycles. The van der Waals surface area contributed by atoms with E-state index in [4.69, 9.17) is 0 Å². The first-order chi connectivity index (χ1) is 13.3. The summed E-state index contributed by atoms with van der Waals surface area (Å²) in [6, 6.07) is 17.5. The van der Waals surface area contributed by atoms with Gasteiger partial charge in [0.2, 0.25) is 0 Å². The largest absolute Gasteiger partial charge is 0.416 e. The molecule has 7 heteroatoms. The van der Waals surface area contributed by atoms with Crippen LogP contribution < -0.4 is 5.32 Å². The lowest BCUT2D eigenvalue weighted by Crippen LogP contribution is -2.26. The molecule has 28 heavy (non-hydrogen) atoms. The molecule has 0 atom stereocenters. The van der Waals surface area contributed by atoms with E-state index in [2.05, 4.69) is 10.3 Å². The number of benzene rings is 2. The van der Waals surface area contributed by atoms with Gasteiger partial charge in [-0.15, -0.1) is 0 Å². The topological polar surface area (TPSA) is 45.2 Å². The summed E-state index contributed by atoms with van der Waals surface area (Å²) in [7, 11) is 1.70. The quantitative estimate of drug-likeness (QED) is 0.663. The molecule has 1 aromatic heterocycles. The maximum atomic E-state index is 12.6. The molecule has 2 aromatic carbocycles. The number of nitrogens with zero attached hydrogens (tertiary/aromatic N) is 2. The second kappa shape index (κ2) is 8.12. The van der Waals surface area contributed by atoms with Gasteiger partial charge in [0.05, 0.1) is 17.4 Å². The molecule has 1 amide bonds. The predicted octanol–water partition coefficient (Wildman–Crippen LogP) is 5.12. The maximum Gasteiger partial charge on any atom is 0.416 e. The van der Waals surface area contributed by atoms with Gasteiger partial charge in [-0.05, 0) is 42.0 Å². The molecule has 0 fully saturated rings. The van der Waals surface area contributed by atoms with Crippen molar-refractivity contribution in [3.63, 3.8) is 0 Å². The Morgan fingerprint density at radius 3 is 2.18 bits per heavy atom. The lowest BCUT2D eigenvalue weighted by atomic mass is 10.2. The Bertz CT molecular complexity index is 924. The number of amides is 1.